The van der Waals surface area contributed by atoms with Crippen molar-refractivity contribution in [2.45, 2.75) is 12.7 Å². The molecular formula is C23H26ClN5O3S. The van der Waals surface area contributed by atoms with Gasteiger partial charge in [0.2, 0.25) is 16.0 Å². The van der Waals surface area contributed by atoms with Gasteiger partial charge in [0, 0.05) is 48.6 Å². The van der Waals surface area contributed by atoms with Crippen molar-refractivity contribution in [3.05, 3.63) is 70.9 Å². The summed E-state index contributed by atoms with van der Waals surface area (Å²) in [5, 5.41) is 3.88. The van der Waals surface area contributed by atoms with Crippen molar-refractivity contribution in [1.29, 1.82) is 0 Å². The van der Waals surface area contributed by atoms with Gasteiger partial charge in [-0.05, 0) is 48.9 Å². The van der Waals surface area contributed by atoms with Crippen LogP contribution in [0.2, 0.25) is 5.02 Å². The average molecular weight is 488 g/mol. The Morgan fingerprint density at radius 2 is 1.67 bits per heavy atom. The zero-order valence-corrected chi connectivity index (χ0v) is 20.1. The first kappa shape index (κ1) is 23.3. The van der Waals surface area contributed by atoms with Gasteiger partial charge in [0.1, 0.15) is 11.6 Å². The van der Waals surface area contributed by atoms with Gasteiger partial charge in [0.25, 0.3) is 0 Å². The molecule has 0 spiro atoms. The van der Waals surface area contributed by atoms with Gasteiger partial charge in [-0.15, -0.1) is 0 Å². The van der Waals surface area contributed by atoms with Gasteiger partial charge in [-0.25, -0.2) is 13.4 Å². The Morgan fingerprint density at radius 3 is 2.30 bits per heavy atom. The molecule has 3 aromatic rings. The fourth-order valence-electron chi connectivity index (χ4n) is 3.63. The number of aryl methyl sites for hydroxylation is 1. The van der Waals surface area contributed by atoms with Gasteiger partial charge in [0.05, 0.1) is 12.9 Å². The summed E-state index contributed by atoms with van der Waals surface area (Å²) < 4.78 is 32.5. The number of halogens is 1. The quantitative estimate of drug-likeness (QED) is 0.541. The maximum Gasteiger partial charge on any atom is 0.227 e. The van der Waals surface area contributed by atoms with Gasteiger partial charge in [0.15, 0.2) is 0 Å². The van der Waals surface area contributed by atoms with Crippen LogP contribution in [0.15, 0.2) is 54.6 Å². The molecule has 2 heterocycles. The van der Waals surface area contributed by atoms with Crippen molar-refractivity contribution < 1.29 is 13.2 Å². The molecule has 0 unspecified atom stereocenters. The molecule has 0 bridgehead atoms. The third-order valence-corrected chi connectivity index (χ3v) is 7.48. The van der Waals surface area contributed by atoms with Crippen molar-refractivity contribution in [2.24, 2.45) is 0 Å². The Balaban J connectivity index is 1.41. The molecule has 10 heteroatoms. The van der Waals surface area contributed by atoms with E-state index in [0.29, 0.717) is 43.0 Å². The highest BCUT2D eigenvalue weighted by Crippen LogP contribution is 2.22. The number of piperazine rings is 1. The lowest BCUT2D eigenvalue weighted by atomic mass is 10.2. The second-order valence-corrected chi connectivity index (χ2v) is 10.2. The van der Waals surface area contributed by atoms with Crippen LogP contribution in [0.1, 0.15) is 11.3 Å². The second-order valence-electron chi connectivity index (χ2n) is 7.82. The number of rotatable bonds is 7. The summed E-state index contributed by atoms with van der Waals surface area (Å²) >= 11 is 5.90. The maximum atomic E-state index is 12.9. The molecule has 1 aromatic heterocycles. The van der Waals surface area contributed by atoms with Crippen LogP contribution in [-0.2, 0) is 15.8 Å². The number of methoxy groups -OCH3 is 1. The van der Waals surface area contributed by atoms with E-state index < -0.39 is 10.0 Å². The van der Waals surface area contributed by atoms with E-state index in [0.717, 1.165) is 22.7 Å². The minimum Gasteiger partial charge on any atom is -0.497 e. The van der Waals surface area contributed by atoms with E-state index >= 15 is 0 Å². The first-order valence-electron chi connectivity index (χ1n) is 10.6. The number of hydrogen-bond acceptors (Lipinski definition) is 7. The third kappa shape index (κ3) is 5.93. The molecule has 0 aliphatic carbocycles. The van der Waals surface area contributed by atoms with E-state index in [1.54, 1.807) is 31.4 Å². The molecule has 1 aliphatic heterocycles. The highest BCUT2D eigenvalue weighted by Gasteiger charge is 2.28. The van der Waals surface area contributed by atoms with E-state index in [4.69, 9.17) is 16.3 Å². The van der Waals surface area contributed by atoms with Crippen LogP contribution < -0.4 is 15.0 Å². The highest BCUT2D eigenvalue weighted by molar-refractivity contribution is 7.88. The normalized spacial score (nSPS) is 14.8. The highest BCUT2D eigenvalue weighted by atomic mass is 35.5. The second kappa shape index (κ2) is 9.94. The number of benzene rings is 2. The Labute approximate surface area is 199 Å². The van der Waals surface area contributed by atoms with Crippen molar-refractivity contribution in [3.8, 4) is 5.75 Å². The number of sulfonamides is 1. The van der Waals surface area contributed by atoms with Crippen LogP contribution in [0.25, 0.3) is 0 Å². The first-order valence-corrected chi connectivity index (χ1v) is 12.5. The van der Waals surface area contributed by atoms with Gasteiger partial charge in [-0.1, -0.05) is 23.7 Å². The predicted octanol–water partition coefficient (Wildman–Crippen LogP) is 3.84. The molecule has 174 valence electrons. The van der Waals surface area contributed by atoms with Crippen molar-refractivity contribution in [1.82, 2.24) is 14.3 Å². The Bertz CT molecular complexity index is 1200. The van der Waals surface area contributed by atoms with Crippen LogP contribution in [0.3, 0.4) is 0 Å². The van der Waals surface area contributed by atoms with Gasteiger partial charge < -0.3 is 15.0 Å². The summed E-state index contributed by atoms with van der Waals surface area (Å²) in [6.45, 7) is 3.72. The molecule has 0 atom stereocenters. The van der Waals surface area contributed by atoms with Crippen LogP contribution in [-0.4, -0.2) is 56.0 Å². The molecule has 0 amide bonds. The number of nitrogens with one attached hydrogen (secondary N) is 1. The predicted molar refractivity (Wildman–Crippen MR) is 131 cm³/mol. The number of hydrogen-bond donors (Lipinski definition) is 1. The Hall–Kier alpha value is -2.88. The smallest absolute Gasteiger partial charge is 0.227 e. The van der Waals surface area contributed by atoms with Crippen LogP contribution in [0, 0.1) is 6.92 Å². The minimum atomic E-state index is -3.42. The zero-order chi connectivity index (χ0) is 23.4. The largest absolute Gasteiger partial charge is 0.497 e. The molecule has 0 radical (unpaired) electrons. The number of ether oxygens (including phenoxy) is 1. The van der Waals surface area contributed by atoms with E-state index in [2.05, 4.69) is 15.3 Å². The summed E-state index contributed by atoms with van der Waals surface area (Å²) in [7, 11) is -1.79. The Kier molecular flexibility index (Phi) is 7.02. The third-order valence-electron chi connectivity index (χ3n) is 5.38. The average Bonchev–Trinajstić information content (AvgIpc) is 2.81. The SMILES string of the molecule is COc1ccc(Nc2cc(C)nc(N3CCN(S(=O)(=O)Cc4ccc(Cl)cc4)CC3)n2)cc1. The molecule has 8 nitrogen and oxygen atoms in total. The lowest BCUT2D eigenvalue weighted by molar-refractivity contribution is 0.382. The lowest BCUT2D eigenvalue weighted by Crippen LogP contribution is -2.49. The molecule has 1 N–H and O–H groups in total. The zero-order valence-electron chi connectivity index (χ0n) is 18.5. The van der Waals surface area contributed by atoms with E-state index in [-0.39, 0.29) is 5.75 Å². The van der Waals surface area contributed by atoms with E-state index in [1.807, 2.05) is 42.2 Å². The van der Waals surface area contributed by atoms with Crippen molar-refractivity contribution >= 4 is 39.1 Å². The molecule has 1 saturated heterocycles. The van der Waals surface area contributed by atoms with Crippen molar-refractivity contribution in [3.63, 3.8) is 0 Å². The molecular weight excluding hydrogens is 462 g/mol. The van der Waals surface area contributed by atoms with E-state index in [9.17, 15) is 8.42 Å². The standard InChI is InChI=1S/C23H26ClN5O3S/c1-17-15-22(26-20-7-9-21(32-2)10-8-20)27-23(25-17)28-11-13-29(14-12-28)33(30,31)16-18-3-5-19(24)6-4-18/h3-10,15H,11-14,16H2,1-2H3,(H,25,26,27). The molecule has 4 rings (SSSR count). The summed E-state index contributed by atoms with van der Waals surface area (Å²) in [5.41, 5.74) is 2.44. The van der Waals surface area contributed by atoms with Crippen LogP contribution in [0.5, 0.6) is 5.75 Å². The number of anilines is 3. The van der Waals surface area contributed by atoms with Gasteiger partial charge >= 0.3 is 0 Å². The number of aromatic nitrogens is 2. The molecule has 33 heavy (non-hydrogen) atoms. The minimum absolute atomic E-state index is 0.0406. The van der Waals surface area contributed by atoms with Gasteiger partial charge in [-0.3, -0.25) is 0 Å². The van der Waals surface area contributed by atoms with Crippen molar-refractivity contribution in [2.75, 3.05) is 43.5 Å². The molecule has 1 fully saturated rings. The fraction of sp³-hybridized carbons (Fsp3) is 0.304. The van der Waals surface area contributed by atoms with Crippen LogP contribution >= 0.6 is 11.6 Å². The molecule has 0 saturated carbocycles. The molecule has 2 aromatic carbocycles. The summed E-state index contributed by atoms with van der Waals surface area (Å²) in [4.78, 5) is 11.2. The van der Waals surface area contributed by atoms with Crippen LogP contribution in [0.4, 0.5) is 17.5 Å². The summed E-state index contributed by atoms with van der Waals surface area (Å²) in [6.07, 6.45) is 0. The monoisotopic (exact) mass is 487 g/mol. The lowest BCUT2D eigenvalue weighted by Gasteiger charge is -2.34. The molecule has 1 aliphatic rings. The fourth-order valence-corrected chi connectivity index (χ4v) is 5.27. The first-order chi connectivity index (χ1) is 15.8. The summed E-state index contributed by atoms with van der Waals surface area (Å²) in [5.74, 6) is 2.01. The number of nitrogens with zero attached hydrogens (tertiary/aromatic N) is 4. The Morgan fingerprint density at radius 1 is 1.00 bits per heavy atom. The topological polar surface area (TPSA) is 87.7 Å². The summed E-state index contributed by atoms with van der Waals surface area (Å²) in [6, 6.07) is 16.4. The van der Waals surface area contributed by atoms with Gasteiger partial charge in [-0.2, -0.15) is 9.29 Å². The van der Waals surface area contributed by atoms with E-state index in [1.165, 1.54) is 4.31 Å². The maximum absolute atomic E-state index is 12.9.